The molecular formula is C17H17N3S. The van der Waals surface area contributed by atoms with Crippen LogP contribution in [-0.4, -0.2) is 17.6 Å². The Morgan fingerprint density at radius 3 is 3.05 bits per heavy atom. The fraction of sp³-hybridized carbons (Fsp3) is 0.412. The molecule has 2 aliphatic heterocycles. The number of fused-ring (bicyclic) bond motifs is 3. The highest BCUT2D eigenvalue weighted by atomic mass is 32.1. The van der Waals surface area contributed by atoms with Crippen molar-refractivity contribution in [2.75, 3.05) is 11.4 Å². The summed E-state index contributed by atoms with van der Waals surface area (Å²) in [5, 5.41) is 13.1. The number of aryl methyl sites for hydroxylation is 1. The molecule has 0 aliphatic carbocycles. The molecule has 3 nitrogen and oxygen atoms in total. The maximum Gasteiger partial charge on any atom is 0.133 e. The minimum Gasteiger partial charge on any atom is -0.366 e. The van der Waals surface area contributed by atoms with Crippen LogP contribution in [0.15, 0.2) is 29.6 Å². The molecule has 106 valence electrons. The van der Waals surface area contributed by atoms with E-state index in [1.165, 1.54) is 11.3 Å². The van der Waals surface area contributed by atoms with Gasteiger partial charge in [0.15, 0.2) is 0 Å². The van der Waals surface area contributed by atoms with E-state index in [1.807, 2.05) is 6.92 Å². The summed E-state index contributed by atoms with van der Waals surface area (Å²) in [5.41, 5.74) is 3.14. The molecule has 2 aliphatic rings. The highest BCUT2D eigenvalue weighted by Gasteiger charge is 2.51. The molecule has 0 bridgehead atoms. The van der Waals surface area contributed by atoms with E-state index in [1.54, 1.807) is 11.3 Å². The van der Waals surface area contributed by atoms with Crippen molar-refractivity contribution in [1.29, 1.82) is 5.26 Å². The normalized spacial score (nSPS) is 27.0. The number of nitriles is 1. The number of rotatable bonds is 1. The van der Waals surface area contributed by atoms with Crippen molar-refractivity contribution >= 4 is 17.0 Å². The van der Waals surface area contributed by atoms with Crippen LogP contribution < -0.4 is 4.90 Å². The molecule has 1 aromatic heterocycles. The molecule has 1 fully saturated rings. The van der Waals surface area contributed by atoms with Crippen LogP contribution in [0.3, 0.4) is 0 Å². The molecular weight excluding hydrogens is 278 g/mol. The third kappa shape index (κ3) is 1.74. The zero-order chi connectivity index (χ0) is 14.4. The Morgan fingerprint density at radius 2 is 2.29 bits per heavy atom. The van der Waals surface area contributed by atoms with Gasteiger partial charge in [0.1, 0.15) is 10.4 Å². The van der Waals surface area contributed by atoms with Gasteiger partial charge in [-0.3, -0.25) is 0 Å². The molecule has 4 rings (SSSR count). The second-order valence-electron chi connectivity index (χ2n) is 6.03. The van der Waals surface area contributed by atoms with Crippen molar-refractivity contribution in [3.63, 3.8) is 0 Å². The molecule has 0 saturated carbocycles. The lowest BCUT2D eigenvalue weighted by Gasteiger charge is -2.43. The highest BCUT2D eigenvalue weighted by molar-refractivity contribution is 7.09. The van der Waals surface area contributed by atoms with Crippen LogP contribution in [-0.2, 0) is 11.8 Å². The fourth-order valence-electron chi connectivity index (χ4n) is 3.87. The Bertz CT molecular complexity index is 730. The van der Waals surface area contributed by atoms with E-state index in [0.29, 0.717) is 0 Å². The number of anilines is 1. The maximum atomic E-state index is 10.1. The summed E-state index contributed by atoms with van der Waals surface area (Å²) in [5.74, 6) is 0. The van der Waals surface area contributed by atoms with Gasteiger partial charge in [-0.05, 0) is 31.4 Å². The molecule has 3 heterocycles. The van der Waals surface area contributed by atoms with Gasteiger partial charge in [-0.25, -0.2) is 4.98 Å². The maximum absolute atomic E-state index is 10.1. The van der Waals surface area contributed by atoms with Crippen LogP contribution in [0.25, 0.3) is 0 Å². The van der Waals surface area contributed by atoms with Crippen molar-refractivity contribution < 1.29 is 0 Å². The third-order valence-corrected chi connectivity index (χ3v) is 5.93. The Balaban J connectivity index is 1.91. The van der Waals surface area contributed by atoms with E-state index in [9.17, 15) is 5.26 Å². The molecule has 0 N–H and O–H groups in total. The lowest BCUT2D eigenvalue weighted by molar-refractivity contribution is 0.408. The first-order chi connectivity index (χ1) is 10.2. The van der Waals surface area contributed by atoms with E-state index >= 15 is 0 Å². The quantitative estimate of drug-likeness (QED) is 0.809. The molecule has 0 spiro atoms. The second-order valence-corrected chi connectivity index (χ2v) is 6.89. The van der Waals surface area contributed by atoms with Crippen LogP contribution >= 0.6 is 11.3 Å². The summed E-state index contributed by atoms with van der Waals surface area (Å²) in [6, 6.07) is 11.5. The summed E-state index contributed by atoms with van der Waals surface area (Å²) in [6.07, 6.45) is 3.03. The van der Waals surface area contributed by atoms with Crippen LogP contribution in [0.5, 0.6) is 0 Å². The SMILES string of the molecule is Cc1csc(C2(C#N)Cc3ccccc3N3CCCC32)n1. The molecule has 1 aromatic carbocycles. The standard InChI is InChI=1S/C17H17N3S/c1-12-10-21-16(19-12)17(11-18)9-13-5-2-3-6-14(13)20-8-4-7-15(17)20/h2-3,5-6,10,15H,4,7-9H2,1H3. The minimum absolute atomic E-state index is 0.267. The van der Waals surface area contributed by atoms with Crippen molar-refractivity contribution in [2.45, 2.75) is 37.6 Å². The molecule has 0 radical (unpaired) electrons. The fourth-order valence-corrected chi connectivity index (χ4v) is 4.86. The van der Waals surface area contributed by atoms with Crippen molar-refractivity contribution in [2.24, 2.45) is 0 Å². The van der Waals surface area contributed by atoms with Crippen LogP contribution in [0.1, 0.15) is 29.1 Å². The highest BCUT2D eigenvalue weighted by Crippen LogP contribution is 2.47. The van der Waals surface area contributed by atoms with E-state index in [2.05, 4.69) is 45.6 Å². The predicted octanol–water partition coefficient (Wildman–Crippen LogP) is 3.44. The third-order valence-electron chi connectivity index (χ3n) is 4.79. The molecule has 1 saturated heterocycles. The number of benzene rings is 1. The number of aromatic nitrogens is 1. The molecule has 4 heteroatoms. The van der Waals surface area contributed by atoms with Gasteiger partial charge in [0.05, 0.1) is 12.1 Å². The van der Waals surface area contributed by atoms with Gasteiger partial charge >= 0.3 is 0 Å². The summed E-state index contributed by atoms with van der Waals surface area (Å²) in [7, 11) is 0. The first-order valence-corrected chi connectivity index (χ1v) is 8.31. The number of para-hydroxylation sites is 1. The summed E-state index contributed by atoms with van der Waals surface area (Å²) in [6.45, 7) is 3.06. The van der Waals surface area contributed by atoms with Gasteiger partial charge in [0.2, 0.25) is 0 Å². The zero-order valence-corrected chi connectivity index (χ0v) is 12.9. The monoisotopic (exact) mass is 295 g/mol. The second kappa shape index (κ2) is 4.57. The summed E-state index contributed by atoms with van der Waals surface area (Å²) in [4.78, 5) is 7.12. The van der Waals surface area contributed by atoms with Crippen molar-refractivity contribution in [3.8, 4) is 6.07 Å². The predicted molar refractivity (Wildman–Crippen MR) is 84.7 cm³/mol. The van der Waals surface area contributed by atoms with E-state index in [0.717, 1.165) is 36.5 Å². The largest absolute Gasteiger partial charge is 0.366 e. The van der Waals surface area contributed by atoms with Crippen molar-refractivity contribution in [1.82, 2.24) is 4.98 Å². The molecule has 2 aromatic rings. The molecule has 2 atom stereocenters. The lowest BCUT2D eigenvalue weighted by atomic mass is 9.72. The van der Waals surface area contributed by atoms with Gasteiger partial charge in [0, 0.05) is 29.7 Å². The summed E-state index contributed by atoms with van der Waals surface area (Å²) < 4.78 is 0. The van der Waals surface area contributed by atoms with Crippen LogP contribution in [0.2, 0.25) is 0 Å². The number of nitrogens with zero attached hydrogens (tertiary/aromatic N) is 3. The Labute approximate surface area is 128 Å². The molecule has 21 heavy (non-hydrogen) atoms. The van der Waals surface area contributed by atoms with Gasteiger partial charge < -0.3 is 4.90 Å². The molecule has 0 amide bonds. The minimum atomic E-state index is -0.482. The van der Waals surface area contributed by atoms with Gasteiger partial charge in [-0.1, -0.05) is 18.2 Å². The van der Waals surface area contributed by atoms with Gasteiger partial charge in [-0.2, -0.15) is 5.26 Å². The Morgan fingerprint density at radius 1 is 1.43 bits per heavy atom. The zero-order valence-electron chi connectivity index (χ0n) is 12.0. The Kier molecular flexibility index (Phi) is 2.80. The first-order valence-electron chi connectivity index (χ1n) is 7.43. The van der Waals surface area contributed by atoms with Crippen molar-refractivity contribution in [3.05, 3.63) is 45.9 Å². The first kappa shape index (κ1) is 12.8. The number of hydrogen-bond acceptors (Lipinski definition) is 4. The van der Waals surface area contributed by atoms with Crippen LogP contribution in [0, 0.1) is 18.3 Å². The lowest BCUT2D eigenvalue weighted by Crippen LogP contribution is -2.51. The molecule has 2 unspecified atom stereocenters. The average Bonchev–Trinajstić information content (AvgIpc) is 3.15. The smallest absolute Gasteiger partial charge is 0.133 e. The van der Waals surface area contributed by atoms with Crippen LogP contribution in [0.4, 0.5) is 5.69 Å². The van der Waals surface area contributed by atoms with E-state index in [-0.39, 0.29) is 6.04 Å². The number of hydrogen-bond donors (Lipinski definition) is 0. The van der Waals surface area contributed by atoms with E-state index < -0.39 is 5.41 Å². The Hall–Kier alpha value is -1.86. The number of thiazole rings is 1. The average molecular weight is 295 g/mol. The topological polar surface area (TPSA) is 39.9 Å². The van der Waals surface area contributed by atoms with E-state index in [4.69, 9.17) is 0 Å². The van der Waals surface area contributed by atoms with Gasteiger partial charge in [-0.15, -0.1) is 11.3 Å². The van der Waals surface area contributed by atoms with Gasteiger partial charge in [0.25, 0.3) is 0 Å². The summed E-state index contributed by atoms with van der Waals surface area (Å²) >= 11 is 1.64.